The standard InChI is InChI=1S/C15H13Cl2N2O7PS/c1-9(2)28-27(24,25-14-5-3-10(18(20)21)7-12(14)16)26-15-6-4-11(19(22)23)8-13(15)17/h3-9H,1-2H3. The molecule has 0 fully saturated rings. The Kier molecular flexibility index (Phi) is 7.16. The molecule has 0 aliphatic rings. The predicted molar refractivity (Wildman–Crippen MR) is 108 cm³/mol. The van der Waals surface area contributed by atoms with Crippen LogP contribution in [0.25, 0.3) is 0 Å². The molecule has 13 heteroatoms. The summed E-state index contributed by atoms with van der Waals surface area (Å²) in [6.45, 7) is -0.445. The average molecular weight is 467 g/mol. The number of non-ortho nitro benzene ring substituents is 2. The quantitative estimate of drug-likeness (QED) is 0.244. The number of hydrogen-bond acceptors (Lipinski definition) is 8. The van der Waals surface area contributed by atoms with Crippen LogP contribution in [-0.4, -0.2) is 15.1 Å². The molecule has 0 aliphatic heterocycles. The van der Waals surface area contributed by atoms with E-state index in [1.165, 1.54) is 12.1 Å². The molecule has 0 bridgehead atoms. The summed E-state index contributed by atoms with van der Waals surface area (Å²) in [5.41, 5.74) is -0.522. The van der Waals surface area contributed by atoms with Crippen molar-refractivity contribution >= 4 is 52.8 Å². The highest BCUT2D eigenvalue weighted by molar-refractivity contribution is 8.55. The van der Waals surface area contributed by atoms with Crippen LogP contribution in [0.15, 0.2) is 36.4 Å². The average Bonchev–Trinajstić information content (AvgIpc) is 2.57. The molecule has 0 radical (unpaired) electrons. The normalized spacial score (nSPS) is 11.3. The van der Waals surface area contributed by atoms with Gasteiger partial charge in [-0.1, -0.05) is 37.0 Å². The first-order valence-electron chi connectivity index (χ1n) is 7.56. The van der Waals surface area contributed by atoms with Crippen molar-refractivity contribution < 1.29 is 23.5 Å². The molecule has 0 amide bonds. The Morgan fingerprint density at radius 2 is 1.32 bits per heavy atom. The minimum Gasteiger partial charge on any atom is -0.407 e. The molecule has 0 spiro atoms. The van der Waals surface area contributed by atoms with Gasteiger partial charge in [0, 0.05) is 29.5 Å². The highest BCUT2D eigenvalue weighted by Gasteiger charge is 2.33. The van der Waals surface area contributed by atoms with E-state index in [0.717, 1.165) is 35.6 Å². The van der Waals surface area contributed by atoms with E-state index in [2.05, 4.69) is 0 Å². The van der Waals surface area contributed by atoms with E-state index in [9.17, 15) is 24.8 Å². The van der Waals surface area contributed by atoms with Crippen LogP contribution < -0.4 is 9.05 Å². The lowest BCUT2D eigenvalue weighted by atomic mass is 10.3. The number of nitro benzene ring substituents is 2. The lowest BCUT2D eigenvalue weighted by Crippen LogP contribution is -2.02. The zero-order chi connectivity index (χ0) is 21.1. The molecule has 0 aromatic heterocycles. The van der Waals surface area contributed by atoms with Crippen molar-refractivity contribution in [3.05, 3.63) is 66.7 Å². The number of nitro groups is 2. The summed E-state index contributed by atoms with van der Waals surface area (Å²) in [6, 6.07) is 6.80. The van der Waals surface area contributed by atoms with Gasteiger partial charge in [-0.05, 0) is 23.5 Å². The lowest BCUT2D eigenvalue weighted by Gasteiger charge is -2.21. The summed E-state index contributed by atoms with van der Waals surface area (Å²) in [6.07, 6.45) is 0. The van der Waals surface area contributed by atoms with Gasteiger partial charge in [0.1, 0.15) is 11.5 Å². The van der Waals surface area contributed by atoms with Crippen LogP contribution >= 0.6 is 41.4 Å². The van der Waals surface area contributed by atoms with Gasteiger partial charge in [-0.15, -0.1) is 0 Å². The Labute approximate surface area is 173 Å². The molecular weight excluding hydrogens is 454 g/mol. The van der Waals surface area contributed by atoms with Gasteiger partial charge in [-0.2, -0.15) is 0 Å². The molecule has 0 N–H and O–H groups in total. The van der Waals surface area contributed by atoms with Crippen molar-refractivity contribution in [2.45, 2.75) is 19.1 Å². The molecule has 28 heavy (non-hydrogen) atoms. The molecule has 0 aliphatic carbocycles. The Bertz CT molecular complexity index is 904. The third-order valence-corrected chi connectivity index (χ3v) is 7.61. The lowest BCUT2D eigenvalue weighted by molar-refractivity contribution is -0.385. The number of halogens is 2. The molecule has 0 unspecified atom stereocenters. The summed E-state index contributed by atoms with van der Waals surface area (Å²) in [7, 11) is 0. The Morgan fingerprint density at radius 1 is 0.929 bits per heavy atom. The highest BCUT2D eigenvalue weighted by atomic mass is 35.5. The fraction of sp³-hybridized carbons (Fsp3) is 0.200. The minimum atomic E-state index is -3.94. The number of rotatable bonds is 8. The van der Waals surface area contributed by atoms with Crippen LogP contribution in [-0.2, 0) is 4.57 Å². The van der Waals surface area contributed by atoms with Gasteiger partial charge in [0.05, 0.1) is 19.9 Å². The smallest absolute Gasteiger partial charge is 0.407 e. The van der Waals surface area contributed by atoms with Crippen molar-refractivity contribution in [1.29, 1.82) is 0 Å². The fourth-order valence-electron chi connectivity index (χ4n) is 1.92. The van der Waals surface area contributed by atoms with Gasteiger partial charge < -0.3 is 9.05 Å². The maximum atomic E-state index is 13.2. The third-order valence-electron chi connectivity index (χ3n) is 3.01. The Balaban J connectivity index is 2.35. The van der Waals surface area contributed by atoms with E-state index >= 15 is 0 Å². The van der Waals surface area contributed by atoms with Crippen LogP contribution in [0, 0.1) is 20.2 Å². The van der Waals surface area contributed by atoms with Gasteiger partial charge in [-0.25, -0.2) is 4.57 Å². The number of nitrogens with zero attached hydrogens (tertiary/aromatic N) is 2. The zero-order valence-corrected chi connectivity index (χ0v) is 17.6. The molecule has 2 rings (SSSR count). The topological polar surface area (TPSA) is 122 Å². The van der Waals surface area contributed by atoms with Crippen molar-refractivity contribution in [3.63, 3.8) is 0 Å². The molecular formula is C15H13Cl2N2O7PS. The maximum absolute atomic E-state index is 13.2. The first kappa shape index (κ1) is 22.3. The van der Waals surface area contributed by atoms with Crippen LogP contribution in [0.4, 0.5) is 11.4 Å². The van der Waals surface area contributed by atoms with E-state index < -0.39 is 16.6 Å². The van der Waals surface area contributed by atoms with E-state index in [4.69, 9.17) is 32.2 Å². The van der Waals surface area contributed by atoms with Gasteiger partial charge in [-0.3, -0.25) is 20.2 Å². The summed E-state index contributed by atoms with van der Waals surface area (Å²) in [5, 5.41) is 21.2. The highest BCUT2D eigenvalue weighted by Crippen LogP contribution is 2.62. The largest absolute Gasteiger partial charge is 0.493 e. The van der Waals surface area contributed by atoms with Gasteiger partial charge in [0.2, 0.25) is 0 Å². The Morgan fingerprint density at radius 3 is 1.61 bits per heavy atom. The van der Waals surface area contributed by atoms with Gasteiger partial charge >= 0.3 is 6.80 Å². The molecule has 9 nitrogen and oxygen atoms in total. The third kappa shape index (κ3) is 5.75. The van der Waals surface area contributed by atoms with Crippen molar-refractivity contribution in [2.24, 2.45) is 0 Å². The first-order chi connectivity index (χ1) is 13.0. The molecule has 0 saturated heterocycles. The number of benzene rings is 2. The molecule has 150 valence electrons. The second-order valence-corrected chi connectivity index (χ2v) is 10.7. The van der Waals surface area contributed by atoms with E-state index in [0.29, 0.717) is 0 Å². The summed E-state index contributed by atoms with van der Waals surface area (Å²) < 4.78 is 24.2. The van der Waals surface area contributed by atoms with Crippen molar-refractivity contribution in [1.82, 2.24) is 0 Å². The second-order valence-electron chi connectivity index (χ2n) is 5.53. The van der Waals surface area contributed by atoms with Crippen LogP contribution in [0.5, 0.6) is 11.5 Å². The fourth-order valence-corrected chi connectivity index (χ4v) is 6.18. The van der Waals surface area contributed by atoms with Gasteiger partial charge in [0.15, 0.2) is 0 Å². The summed E-state index contributed by atoms with van der Waals surface area (Å²) >= 11 is 12.8. The molecule has 0 atom stereocenters. The van der Waals surface area contributed by atoms with E-state index in [1.54, 1.807) is 13.8 Å². The summed E-state index contributed by atoms with van der Waals surface area (Å²) in [5.74, 6) is -0.163. The van der Waals surface area contributed by atoms with Crippen LogP contribution in [0.2, 0.25) is 10.0 Å². The first-order valence-corrected chi connectivity index (χ1v) is 11.3. The monoisotopic (exact) mass is 466 g/mol. The maximum Gasteiger partial charge on any atom is 0.493 e. The summed E-state index contributed by atoms with van der Waals surface area (Å²) in [4.78, 5) is 20.4. The molecule has 0 saturated carbocycles. The zero-order valence-electron chi connectivity index (χ0n) is 14.4. The second kappa shape index (κ2) is 9.00. The minimum absolute atomic E-state index is 0.0817. The predicted octanol–water partition coefficient (Wildman–Crippen LogP) is 6.52. The van der Waals surface area contributed by atoms with Crippen molar-refractivity contribution in [2.75, 3.05) is 0 Å². The van der Waals surface area contributed by atoms with Gasteiger partial charge in [0.25, 0.3) is 11.4 Å². The molecule has 2 aromatic rings. The van der Waals surface area contributed by atoms with E-state index in [-0.39, 0.29) is 38.2 Å². The van der Waals surface area contributed by atoms with Crippen LogP contribution in [0.3, 0.4) is 0 Å². The molecule has 2 aromatic carbocycles. The van der Waals surface area contributed by atoms with Crippen molar-refractivity contribution in [3.8, 4) is 11.5 Å². The van der Waals surface area contributed by atoms with Crippen LogP contribution in [0.1, 0.15) is 13.8 Å². The molecule has 0 heterocycles. The SMILES string of the molecule is CC(C)SP(=O)(Oc1ccc([N+](=O)[O-])cc1Cl)Oc1ccc([N+](=O)[O-])cc1Cl. The van der Waals surface area contributed by atoms with E-state index in [1.807, 2.05) is 0 Å². The Hall–Kier alpha value is -2.00. The number of hydrogen-bond donors (Lipinski definition) is 0.